The van der Waals surface area contributed by atoms with Crippen molar-refractivity contribution in [3.63, 3.8) is 0 Å². The van der Waals surface area contributed by atoms with E-state index in [2.05, 4.69) is 32.9 Å². The monoisotopic (exact) mass is 506 g/mol. The van der Waals surface area contributed by atoms with Gasteiger partial charge in [0.25, 0.3) is 0 Å². The minimum Gasteiger partial charge on any atom is -0.374 e. The fraction of sp³-hybridized carbons (Fsp3) is 0.786. The predicted octanol–water partition coefficient (Wildman–Crippen LogP) is 4.25. The largest absolute Gasteiger partial charge is 0.374 e. The highest BCUT2D eigenvalue weighted by atomic mass is 16.9. The van der Waals surface area contributed by atoms with Crippen molar-refractivity contribution >= 4 is 0 Å². The summed E-state index contributed by atoms with van der Waals surface area (Å²) in [5, 5.41) is 0. The van der Waals surface area contributed by atoms with Crippen LogP contribution in [0.15, 0.2) is 30.3 Å². The van der Waals surface area contributed by atoms with Crippen LogP contribution < -0.4 is 0 Å². The summed E-state index contributed by atoms with van der Waals surface area (Å²) in [6.45, 7) is 15.7. The Kier molecular flexibility index (Phi) is 7.53. The summed E-state index contributed by atoms with van der Waals surface area (Å²) in [5.74, 6) is -0.492. The molecule has 0 N–H and O–H groups in total. The molecular formula is C28H42O8. The first-order valence-electron chi connectivity index (χ1n) is 13.3. The molecule has 8 heteroatoms. The normalized spacial score (nSPS) is 43.2. The lowest BCUT2D eigenvalue weighted by Gasteiger charge is -2.44. The van der Waals surface area contributed by atoms with Crippen molar-refractivity contribution in [2.75, 3.05) is 13.2 Å². The third-order valence-corrected chi connectivity index (χ3v) is 8.05. The number of hydrogen-bond donors (Lipinski definition) is 0. The summed E-state index contributed by atoms with van der Waals surface area (Å²) < 4.78 is 49.8. The zero-order chi connectivity index (χ0) is 25.7. The van der Waals surface area contributed by atoms with E-state index in [1.165, 1.54) is 0 Å². The minimum atomic E-state index is -0.745. The van der Waals surface area contributed by atoms with E-state index in [-0.39, 0.29) is 42.7 Å². The zero-order valence-electron chi connectivity index (χ0n) is 22.5. The van der Waals surface area contributed by atoms with Gasteiger partial charge < -0.3 is 37.9 Å². The maximum Gasteiger partial charge on any atom is 0.190 e. The molecule has 36 heavy (non-hydrogen) atoms. The Morgan fingerprint density at radius 1 is 0.694 bits per heavy atom. The average Bonchev–Trinajstić information content (AvgIpc) is 3.32. The van der Waals surface area contributed by atoms with E-state index in [0.717, 1.165) is 5.56 Å². The van der Waals surface area contributed by atoms with Crippen molar-refractivity contribution < 1.29 is 37.9 Å². The van der Waals surface area contributed by atoms with Crippen molar-refractivity contribution in [2.45, 2.75) is 110 Å². The lowest BCUT2D eigenvalue weighted by molar-refractivity contribution is -0.287. The lowest BCUT2D eigenvalue weighted by atomic mass is 9.79. The molecule has 0 aromatic heterocycles. The van der Waals surface area contributed by atoms with Crippen LogP contribution in [0.3, 0.4) is 0 Å². The first-order valence-corrected chi connectivity index (χ1v) is 13.3. The molecule has 0 saturated carbocycles. The molecule has 4 aliphatic heterocycles. The van der Waals surface area contributed by atoms with E-state index in [9.17, 15) is 0 Å². The summed E-state index contributed by atoms with van der Waals surface area (Å²) in [6, 6.07) is 10.2. The third kappa shape index (κ3) is 5.52. The lowest BCUT2D eigenvalue weighted by Crippen LogP contribution is -2.57. The highest BCUT2D eigenvalue weighted by molar-refractivity contribution is 5.13. The first kappa shape index (κ1) is 26.5. The molecule has 0 spiro atoms. The molecule has 4 heterocycles. The van der Waals surface area contributed by atoms with E-state index >= 15 is 0 Å². The van der Waals surface area contributed by atoms with Crippen LogP contribution >= 0.6 is 0 Å². The van der Waals surface area contributed by atoms with E-state index in [1.807, 2.05) is 45.9 Å². The van der Waals surface area contributed by atoms with Gasteiger partial charge in [-0.05, 0) is 45.1 Å². The van der Waals surface area contributed by atoms with Crippen LogP contribution in [0.4, 0.5) is 0 Å². The Hall–Kier alpha value is -1.10. The second-order valence-electron chi connectivity index (χ2n) is 11.7. The Balaban J connectivity index is 1.21. The van der Waals surface area contributed by atoms with Gasteiger partial charge >= 0.3 is 0 Å². The highest BCUT2D eigenvalue weighted by Gasteiger charge is 2.60. The highest BCUT2D eigenvalue weighted by Crippen LogP contribution is 2.44. The molecule has 0 bridgehead atoms. The maximum absolute atomic E-state index is 6.45. The van der Waals surface area contributed by atoms with Gasteiger partial charge in [-0.1, -0.05) is 51.1 Å². The molecule has 202 valence electrons. The van der Waals surface area contributed by atoms with Crippen LogP contribution in [0.2, 0.25) is 0 Å². The first-order chi connectivity index (χ1) is 17.0. The molecule has 1 aromatic carbocycles. The Bertz CT molecular complexity index is 876. The molecule has 1 aromatic rings. The molecule has 0 amide bonds. The van der Waals surface area contributed by atoms with Gasteiger partial charge in [0.1, 0.15) is 24.4 Å². The van der Waals surface area contributed by atoms with Crippen LogP contribution in [-0.2, 0) is 44.5 Å². The third-order valence-electron chi connectivity index (χ3n) is 8.05. The average molecular weight is 507 g/mol. The Morgan fingerprint density at radius 2 is 1.36 bits per heavy atom. The van der Waals surface area contributed by atoms with Crippen molar-refractivity contribution in [3.8, 4) is 0 Å². The number of fused-ring (bicyclic) bond motifs is 3. The van der Waals surface area contributed by atoms with Gasteiger partial charge in [-0.15, -0.1) is 0 Å². The van der Waals surface area contributed by atoms with Crippen LogP contribution in [0.1, 0.15) is 54.0 Å². The summed E-state index contributed by atoms with van der Waals surface area (Å²) in [6.07, 6.45) is -2.28. The van der Waals surface area contributed by atoms with Crippen molar-refractivity contribution in [2.24, 2.45) is 17.8 Å². The van der Waals surface area contributed by atoms with Gasteiger partial charge in [0.05, 0.1) is 25.9 Å². The molecule has 8 nitrogen and oxygen atoms in total. The van der Waals surface area contributed by atoms with Crippen LogP contribution in [0.25, 0.3) is 0 Å². The van der Waals surface area contributed by atoms with Gasteiger partial charge in [0.2, 0.25) is 0 Å². The molecule has 0 radical (unpaired) electrons. The van der Waals surface area contributed by atoms with Crippen LogP contribution in [0, 0.1) is 17.8 Å². The molecule has 4 fully saturated rings. The summed E-state index contributed by atoms with van der Waals surface area (Å²) in [5.41, 5.74) is 1.15. The van der Waals surface area contributed by atoms with Crippen LogP contribution in [-0.4, -0.2) is 67.9 Å². The van der Waals surface area contributed by atoms with Gasteiger partial charge in [-0.2, -0.15) is 0 Å². The topological polar surface area (TPSA) is 73.8 Å². The smallest absolute Gasteiger partial charge is 0.190 e. The molecule has 4 saturated heterocycles. The molecule has 10 atom stereocenters. The molecule has 4 unspecified atom stereocenters. The summed E-state index contributed by atoms with van der Waals surface area (Å²) in [7, 11) is 0. The zero-order valence-corrected chi connectivity index (χ0v) is 22.5. The summed E-state index contributed by atoms with van der Waals surface area (Å²) >= 11 is 0. The molecule has 5 rings (SSSR count). The number of ether oxygens (including phenoxy) is 8. The van der Waals surface area contributed by atoms with Gasteiger partial charge in [0, 0.05) is 5.92 Å². The fourth-order valence-corrected chi connectivity index (χ4v) is 5.75. The standard InChI is InChI=1S/C28H42O8/c1-16-17(2)20(14-29-13-19-11-9-8-10-12-19)31-25(18(16)3)30-15-21-22-23(34-27(4,5)33-22)24-26(32-21)36-28(6,7)35-24/h8-12,16-18,20-26H,13-15H2,1-7H3/t16-,17-,18?,20?,21?,22-,23-,24?,25-,26+/m0/s1. The Morgan fingerprint density at radius 3 is 2.11 bits per heavy atom. The number of benzene rings is 1. The SMILES string of the molecule is CC1[C@@H](OCC2O[C@@H]3OC(C)(C)OC3[C@H]3OC(C)(C)O[C@@H]23)OC(COCc2ccccc2)[C@@H](C)[C@@H]1C. The molecule has 4 aliphatic rings. The Labute approximate surface area is 214 Å². The summed E-state index contributed by atoms with van der Waals surface area (Å²) in [4.78, 5) is 0. The quantitative estimate of drug-likeness (QED) is 0.544. The van der Waals surface area contributed by atoms with Crippen molar-refractivity contribution in [1.29, 1.82) is 0 Å². The number of hydrogen-bond acceptors (Lipinski definition) is 8. The van der Waals surface area contributed by atoms with Crippen molar-refractivity contribution in [3.05, 3.63) is 35.9 Å². The van der Waals surface area contributed by atoms with Crippen LogP contribution in [0.5, 0.6) is 0 Å². The number of rotatable bonds is 7. The van der Waals surface area contributed by atoms with Gasteiger partial charge in [-0.25, -0.2) is 0 Å². The van der Waals surface area contributed by atoms with E-state index < -0.39 is 17.9 Å². The van der Waals surface area contributed by atoms with Crippen molar-refractivity contribution in [1.82, 2.24) is 0 Å². The maximum atomic E-state index is 6.45. The van der Waals surface area contributed by atoms with E-state index in [1.54, 1.807) is 0 Å². The minimum absolute atomic E-state index is 0.0494. The molecular weight excluding hydrogens is 464 g/mol. The van der Waals surface area contributed by atoms with Gasteiger partial charge in [-0.3, -0.25) is 0 Å². The molecule has 0 aliphatic carbocycles. The van der Waals surface area contributed by atoms with Gasteiger partial charge in [0.15, 0.2) is 24.2 Å². The van der Waals surface area contributed by atoms with E-state index in [0.29, 0.717) is 31.7 Å². The predicted molar refractivity (Wildman–Crippen MR) is 131 cm³/mol. The second-order valence-corrected chi connectivity index (χ2v) is 11.7. The fourth-order valence-electron chi connectivity index (χ4n) is 5.75. The van der Waals surface area contributed by atoms with E-state index in [4.69, 9.17) is 37.9 Å². The second kappa shape index (κ2) is 10.2.